The quantitative estimate of drug-likeness (QED) is 0.558. The van der Waals surface area contributed by atoms with Crippen molar-refractivity contribution in [1.82, 2.24) is 15.1 Å². The normalized spacial score (nSPS) is 20.3. The molecule has 1 aliphatic heterocycles. The fraction of sp³-hybridized carbons (Fsp3) is 0.500. The van der Waals surface area contributed by atoms with Crippen molar-refractivity contribution in [2.75, 3.05) is 6.54 Å². The summed E-state index contributed by atoms with van der Waals surface area (Å²) in [7, 11) is 0. The first kappa shape index (κ1) is 9.63. The largest absolute Gasteiger partial charge is 0.356 e. The van der Waals surface area contributed by atoms with E-state index in [2.05, 4.69) is 10.4 Å². The van der Waals surface area contributed by atoms with Gasteiger partial charge in [-0.15, -0.1) is 0 Å². The van der Waals surface area contributed by atoms with Crippen LogP contribution < -0.4 is 5.32 Å². The first-order valence-electron chi connectivity index (χ1n) is 4.61. The molecule has 1 N–H and O–H groups in total. The number of rotatable bonds is 3. The van der Waals surface area contributed by atoms with E-state index >= 15 is 0 Å². The Morgan fingerprint density at radius 1 is 1.73 bits per heavy atom. The summed E-state index contributed by atoms with van der Waals surface area (Å²) in [6.45, 7) is 1.08. The van der Waals surface area contributed by atoms with Crippen LogP contribution in [0.15, 0.2) is 12.4 Å². The Kier molecular flexibility index (Phi) is 2.36. The summed E-state index contributed by atoms with van der Waals surface area (Å²) >= 11 is 0. The van der Waals surface area contributed by atoms with Crippen molar-refractivity contribution in [3.05, 3.63) is 22.5 Å². The SMILES string of the molecule is O=C1NCCC1Cn1cc([N+](=O)[O-])cn1. The van der Waals surface area contributed by atoms with Crippen LogP contribution in [0.25, 0.3) is 0 Å². The molecule has 0 aromatic carbocycles. The number of carbonyl (C=O) groups is 1. The maximum Gasteiger partial charge on any atom is 0.306 e. The van der Waals surface area contributed by atoms with Crippen molar-refractivity contribution in [3.63, 3.8) is 0 Å². The molecule has 1 fully saturated rings. The highest BCUT2D eigenvalue weighted by Crippen LogP contribution is 2.14. The van der Waals surface area contributed by atoms with Crippen molar-refractivity contribution < 1.29 is 9.72 Å². The first-order chi connectivity index (χ1) is 7.16. The van der Waals surface area contributed by atoms with Gasteiger partial charge in [0.15, 0.2) is 0 Å². The van der Waals surface area contributed by atoms with Gasteiger partial charge in [-0.2, -0.15) is 5.10 Å². The predicted octanol–water partition coefficient (Wildman–Crippen LogP) is -0.0726. The second-order valence-corrected chi connectivity index (χ2v) is 3.45. The Hall–Kier alpha value is -1.92. The minimum absolute atomic E-state index is 0.00634. The molecule has 1 aromatic rings. The van der Waals surface area contributed by atoms with Gasteiger partial charge in [0, 0.05) is 6.54 Å². The lowest BCUT2D eigenvalue weighted by Crippen LogP contribution is -2.22. The molecular weight excluding hydrogens is 200 g/mol. The minimum Gasteiger partial charge on any atom is -0.356 e. The number of nitrogens with zero attached hydrogens (tertiary/aromatic N) is 3. The van der Waals surface area contributed by atoms with Crippen molar-refractivity contribution in [2.24, 2.45) is 5.92 Å². The van der Waals surface area contributed by atoms with Crippen molar-refractivity contribution in [1.29, 1.82) is 0 Å². The Morgan fingerprint density at radius 2 is 2.53 bits per heavy atom. The van der Waals surface area contributed by atoms with E-state index in [4.69, 9.17) is 0 Å². The van der Waals surface area contributed by atoms with Crippen LogP contribution in [0.3, 0.4) is 0 Å². The van der Waals surface area contributed by atoms with Crippen LogP contribution in [-0.2, 0) is 11.3 Å². The monoisotopic (exact) mass is 210 g/mol. The third kappa shape index (κ3) is 1.95. The van der Waals surface area contributed by atoms with Crippen LogP contribution in [0, 0.1) is 16.0 Å². The molecule has 7 heteroatoms. The zero-order chi connectivity index (χ0) is 10.8. The Morgan fingerprint density at radius 3 is 3.07 bits per heavy atom. The minimum atomic E-state index is -0.502. The first-order valence-corrected chi connectivity index (χ1v) is 4.61. The van der Waals surface area contributed by atoms with E-state index in [1.54, 1.807) is 0 Å². The average Bonchev–Trinajstić information content (AvgIpc) is 2.77. The number of hydrogen-bond donors (Lipinski definition) is 1. The molecule has 0 bridgehead atoms. The molecule has 80 valence electrons. The number of nitro groups is 1. The number of aromatic nitrogens is 2. The molecule has 0 aliphatic carbocycles. The predicted molar refractivity (Wildman–Crippen MR) is 50.0 cm³/mol. The van der Waals surface area contributed by atoms with Crippen LogP contribution in [0.5, 0.6) is 0 Å². The van der Waals surface area contributed by atoms with Crippen LogP contribution in [0.4, 0.5) is 5.69 Å². The molecule has 1 amide bonds. The van der Waals surface area contributed by atoms with Gasteiger partial charge < -0.3 is 5.32 Å². The second kappa shape index (κ2) is 3.68. The van der Waals surface area contributed by atoms with Gasteiger partial charge in [-0.3, -0.25) is 19.6 Å². The molecule has 0 spiro atoms. The van der Waals surface area contributed by atoms with Gasteiger partial charge >= 0.3 is 5.69 Å². The van der Waals surface area contributed by atoms with Gasteiger partial charge in [-0.05, 0) is 6.42 Å². The van der Waals surface area contributed by atoms with Gasteiger partial charge in [0.05, 0.1) is 17.4 Å². The number of nitrogens with one attached hydrogen (secondary N) is 1. The highest BCUT2D eigenvalue weighted by Gasteiger charge is 2.25. The summed E-state index contributed by atoms with van der Waals surface area (Å²) in [6, 6.07) is 0. The van der Waals surface area contributed by atoms with Crippen LogP contribution in [0.1, 0.15) is 6.42 Å². The van der Waals surface area contributed by atoms with E-state index in [1.807, 2.05) is 0 Å². The van der Waals surface area contributed by atoms with Crippen LogP contribution in [0.2, 0.25) is 0 Å². The molecule has 1 aromatic heterocycles. The average molecular weight is 210 g/mol. The molecular formula is C8H10N4O3. The van der Waals surface area contributed by atoms with E-state index < -0.39 is 4.92 Å². The summed E-state index contributed by atoms with van der Waals surface area (Å²) in [5, 5.41) is 16.9. The van der Waals surface area contributed by atoms with E-state index in [9.17, 15) is 14.9 Å². The zero-order valence-electron chi connectivity index (χ0n) is 7.92. The van der Waals surface area contributed by atoms with Crippen molar-refractivity contribution >= 4 is 11.6 Å². The molecule has 1 aliphatic rings. The third-order valence-electron chi connectivity index (χ3n) is 2.40. The molecule has 1 saturated heterocycles. The van der Waals surface area contributed by atoms with Crippen molar-refractivity contribution in [3.8, 4) is 0 Å². The van der Waals surface area contributed by atoms with Gasteiger partial charge in [-0.25, -0.2) is 0 Å². The summed E-state index contributed by atoms with van der Waals surface area (Å²) in [5.74, 6) is -0.127. The lowest BCUT2D eigenvalue weighted by Gasteiger charge is -2.05. The number of amides is 1. The molecule has 2 heterocycles. The lowest BCUT2D eigenvalue weighted by molar-refractivity contribution is -0.385. The third-order valence-corrected chi connectivity index (χ3v) is 2.40. The summed E-state index contributed by atoms with van der Waals surface area (Å²) in [4.78, 5) is 21.1. The van der Waals surface area contributed by atoms with Gasteiger partial charge in [-0.1, -0.05) is 0 Å². The number of carbonyl (C=O) groups excluding carboxylic acids is 1. The molecule has 7 nitrogen and oxygen atoms in total. The molecule has 2 rings (SSSR count). The molecule has 0 radical (unpaired) electrons. The molecule has 1 atom stereocenters. The van der Waals surface area contributed by atoms with E-state index in [-0.39, 0.29) is 17.5 Å². The van der Waals surface area contributed by atoms with Crippen molar-refractivity contribution in [2.45, 2.75) is 13.0 Å². The van der Waals surface area contributed by atoms with Gasteiger partial charge in [0.1, 0.15) is 12.4 Å². The lowest BCUT2D eigenvalue weighted by atomic mass is 10.1. The maximum absolute atomic E-state index is 11.2. The fourth-order valence-electron chi connectivity index (χ4n) is 1.59. The highest BCUT2D eigenvalue weighted by molar-refractivity contribution is 5.80. The highest BCUT2D eigenvalue weighted by atomic mass is 16.6. The fourth-order valence-corrected chi connectivity index (χ4v) is 1.59. The summed E-state index contributed by atoms with van der Waals surface area (Å²) in [5.41, 5.74) is -0.0478. The zero-order valence-corrected chi connectivity index (χ0v) is 7.92. The molecule has 15 heavy (non-hydrogen) atoms. The van der Waals surface area contributed by atoms with Gasteiger partial charge in [0.25, 0.3) is 0 Å². The standard InChI is InChI=1S/C8H10N4O3/c13-8-6(1-2-9-8)4-11-5-7(3-10-11)12(14)15/h3,5-6H,1-2,4H2,(H,9,13). The Labute approximate surface area is 85.2 Å². The molecule has 0 saturated carbocycles. The Balaban J connectivity index is 2.04. The maximum atomic E-state index is 11.2. The van der Waals surface area contributed by atoms with Crippen LogP contribution in [-0.4, -0.2) is 27.2 Å². The number of hydrogen-bond acceptors (Lipinski definition) is 4. The summed E-state index contributed by atoms with van der Waals surface area (Å²) in [6.07, 6.45) is 3.28. The second-order valence-electron chi connectivity index (χ2n) is 3.45. The molecule has 1 unspecified atom stereocenters. The summed E-state index contributed by atoms with van der Waals surface area (Å²) < 4.78 is 1.44. The Bertz CT molecular complexity index is 400. The topological polar surface area (TPSA) is 90.1 Å². The van der Waals surface area contributed by atoms with E-state index in [1.165, 1.54) is 17.1 Å². The van der Waals surface area contributed by atoms with Crippen LogP contribution >= 0.6 is 0 Å². The van der Waals surface area contributed by atoms with E-state index in [0.717, 1.165) is 6.42 Å². The van der Waals surface area contributed by atoms with E-state index in [0.29, 0.717) is 13.1 Å². The smallest absolute Gasteiger partial charge is 0.306 e. The van der Waals surface area contributed by atoms with Gasteiger partial charge in [0.2, 0.25) is 5.91 Å².